The van der Waals surface area contributed by atoms with Crippen LogP contribution in [0.15, 0.2) is 57.9 Å². The Hall–Kier alpha value is -3.42. The topological polar surface area (TPSA) is 85.6 Å². The summed E-state index contributed by atoms with van der Waals surface area (Å²) in [6, 6.07) is 12.9. The lowest BCUT2D eigenvalue weighted by atomic mass is 10.2. The molecule has 1 unspecified atom stereocenters. The summed E-state index contributed by atoms with van der Waals surface area (Å²) in [5.74, 6) is 0.357. The van der Waals surface area contributed by atoms with Gasteiger partial charge in [-0.1, -0.05) is 18.2 Å². The SMILES string of the molecule is O=C(CCn1c(=O)oc2ccccc21)N1CCCC1c1nnc2ccccn12. The van der Waals surface area contributed by atoms with E-state index in [-0.39, 0.29) is 18.4 Å². The molecule has 1 aromatic carbocycles. The second kappa shape index (κ2) is 6.63. The molecule has 8 heteroatoms. The molecule has 0 spiro atoms. The van der Waals surface area contributed by atoms with Crippen molar-refractivity contribution in [3.8, 4) is 0 Å². The fourth-order valence-corrected chi connectivity index (χ4v) is 4.00. The maximum atomic E-state index is 13.0. The van der Waals surface area contributed by atoms with Crippen LogP contribution in [0.25, 0.3) is 16.7 Å². The molecular weight excluding hydrogens is 358 g/mol. The number of carbonyl (C=O) groups is 1. The number of aromatic nitrogens is 4. The van der Waals surface area contributed by atoms with Crippen LogP contribution in [-0.4, -0.2) is 36.5 Å². The van der Waals surface area contributed by atoms with Crippen molar-refractivity contribution < 1.29 is 9.21 Å². The first-order valence-corrected chi connectivity index (χ1v) is 9.40. The molecule has 28 heavy (non-hydrogen) atoms. The number of carbonyl (C=O) groups excluding carboxylic acids is 1. The van der Waals surface area contributed by atoms with Gasteiger partial charge in [0.1, 0.15) is 0 Å². The fourth-order valence-electron chi connectivity index (χ4n) is 4.00. The Morgan fingerprint density at radius 3 is 2.93 bits per heavy atom. The van der Waals surface area contributed by atoms with Crippen LogP contribution < -0.4 is 5.76 Å². The van der Waals surface area contributed by atoms with E-state index in [0.29, 0.717) is 24.2 Å². The maximum Gasteiger partial charge on any atom is 0.419 e. The summed E-state index contributed by atoms with van der Waals surface area (Å²) >= 11 is 0. The largest absolute Gasteiger partial charge is 0.419 e. The molecule has 1 saturated heterocycles. The van der Waals surface area contributed by atoms with Crippen LogP contribution in [-0.2, 0) is 11.3 Å². The predicted molar refractivity (Wildman–Crippen MR) is 102 cm³/mol. The van der Waals surface area contributed by atoms with Crippen molar-refractivity contribution in [2.24, 2.45) is 0 Å². The summed E-state index contributed by atoms with van der Waals surface area (Å²) in [5, 5.41) is 8.53. The first-order valence-electron chi connectivity index (χ1n) is 9.40. The van der Waals surface area contributed by atoms with Crippen LogP contribution in [0.5, 0.6) is 0 Å². The first-order chi connectivity index (χ1) is 13.7. The van der Waals surface area contributed by atoms with E-state index in [4.69, 9.17) is 4.42 Å². The van der Waals surface area contributed by atoms with Crippen molar-refractivity contribution in [1.82, 2.24) is 24.1 Å². The van der Waals surface area contributed by atoms with E-state index in [1.54, 1.807) is 6.07 Å². The normalized spacial score (nSPS) is 17.0. The van der Waals surface area contributed by atoms with E-state index in [0.717, 1.165) is 24.3 Å². The number of rotatable bonds is 4. The molecule has 5 rings (SSSR count). The number of pyridine rings is 1. The molecule has 0 saturated carbocycles. The molecule has 3 aromatic heterocycles. The third-order valence-electron chi connectivity index (χ3n) is 5.33. The highest BCUT2D eigenvalue weighted by atomic mass is 16.4. The number of hydrogen-bond donors (Lipinski definition) is 0. The average molecular weight is 377 g/mol. The number of amides is 1. The number of benzene rings is 1. The van der Waals surface area contributed by atoms with Gasteiger partial charge in [-0.25, -0.2) is 4.79 Å². The monoisotopic (exact) mass is 377 g/mol. The Labute approximate surface area is 160 Å². The van der Waals surface area contributed by atoms with Gasteiger partial charge < -0.3 is 9.32 Å². The molecule has 4 aromatic rings. The first kappa shape index (κ1) is 16.7. The smallest absolute Gasteiger partial charge is 0.408 e. The van der Waals surface area contributed by atoms with Gasteiger partial charge in [-0.05, 0) is 37.1 Å². The van der Waals surface area contributed by atoms with Gasteiger partial charge in [0, 0.05) is 25.7 Å². The molecule has 1 aliphatic heterocycles. The standard InChI is InChI=1S/C20H19N5O3/c26-18(10-13-24-14-6-1-2-8-16(14)28-20(24)27)23-12-5-7-15(23)19-22-21-17-9-3-4-11-25(17)19/h1-4,6,8-9,11,15H,5,7,10,12-13H2. The van der Waals surface area contributed by atoms with Crippen LogP contribution in [0.2, 0.25) is 0 Å². The molecule has 1 atom stereocenters. The highest BCUT2D eigenvalue weighted by Gasteiger charge is 2.33. The Morgan fingerprint density at radius 2 is 2.00 bits per heavy atom. The summed E-state index contributed by atoms with van der Waals surface area (Å²) in [6.07, 6.45) is 3.93. The van der Waals surface area contributed by atoms with Crippen molar-refractivity contribution in [3.05, 3.63) is 65.0 Å². The Morgan fingerprint density at radius 1 is 1.14 bits per heavy atom. The van der Waals surface area contributed by atoms with E-state index >= 15 is 0 Å². The van der Waals surface area contributed by atoms with Crippen molar-refractivity contribution in [2.45, 2.75) is 31.8 Å². The van der Waals surface area contributed by atoms with Crippen molar-refractivity contribution in [2.75, 3.05) is 6.54 Å². The molecule has 0 bridgehead atoms. The van der Waals surface area contributed by atoms with Gasteiger partial charge in [-0.15, -0.1) is 10.2 Å². The minimum absolute atomic E-state index is 0.00682. The molecule has 0 radical (unpaired) electrons. The van der Waals surface area contributed by atoms with Crippen LogP contribution >= 0.6 is 0 Å². The third-order valence-corrected chi connectivity index (χ3v) is 5.33. The molecule has 0 aliphatic carbocycles. The van der Waals surface area contributed by atoms with Crippen molar-refractivity contribution in [1.29, 1.82) is 0 Å². The van der Waals surface area contributed by atoms with Gasteiger partial charge in [0.25, 0.3) is 0 Å². The summed E-state index contributed by atoms with van der Waals surface area (Å²) in [4.78, 5) is 26.9. The summed E-state index contributed by atoms with van der Waals surface area (Å²) in [5.41, 5.74) is 2.02. The molecule has 1 fully saturated rings. The van der Waals surface area contributed by atoms with Crippen molar-refractivity contribution in [3.63, 3.8) is 0 Å². The number of aryl methyl sites for hydroxylation is 1. The zero-order chi connectivity index (χ0) is 19.1. The molecular formula is C20H19N5O3. The van der Waals surface area contributed by atoms with Crippen LogP contribution in [0, 0.1) is 0 Å². The van der Waals surface area contributed by atoms with Gasteiger partial charge in [0.15, 0.2) is 17.1 Å². The van der Waals surface area contributed by atoms with E-state index in [9.17, 15) is 9.59 Å². The van der Waals surface area contributed by atoms with Crippen LogP contribution in [0.3, 0.4) is 0 Å². The number of para-hydroxylation sites is 2. The number of nitrogens with zero attached hydrogens (tertiary/aromatic N) is 5. The Kier molecular flexibility index (Phi) is 3.96. The molecule has 8 nitrogen and oxygen atoms in total. The lowest BCUT2D eigenvalue weighted by molar-refractivity contribution is -0.132. The second-order valence-corrected chi connectivity index (χ2v) is 6.97. The zero-order valence-corrected chi connectivity index (χ0v) is 15.2. The number of oxazole rings is 1. The highest BCUT2D eigenvalue weighted by molar-refractivity contribution is 5.77. The maximum absolute atomic E-state index is 13.0. The second-order valence-electron chi connectivity index (χ2n) is 6.97. The van der Waals surface area contributed by atoms with Gasteiger partial charge in [0.2, 0.25) is 5.91 Å². The summed E-state index contributed by atoms with van der Waals surface area (Å²) in [6.45, 7) is 0.977. The van der Waals surface area contributed by atoms with E-state index in [1.165, 1.54) is 4.57 Å². The molecule has 4 heterocycles. The summed E-state index contributed by atoms with van der Waals surface area (Å²) in [7, 11) is 0. The lowest BCUT2D eigenvalue weighted by Gasteiger charge is -2.23. The zero-order valence-electron chi connectivity index (χ0n) is 15.2. The minimum atomic E-state index is -0.435. The molecule has 0 N–H and O–H groups in total. The average Bonchev–Trinajstić information content (AvgIpc) is 3.42. The van der Waals surface area contributed by atoms with Gasteiger partial charge in [-0.3, -0.25) is 13.8 Å². The van der Waals surface area contributed by atoms with E-state index in [1.807, 2.05) is 51.9 Å². The van der Waals surface area contributed by atoms with Gasteiger partial charge >= 0.3 is 5.76 Å². The van der Waals surface area contributed by atoms with Crippen LogP contribution in [0.1, 0.15) is 31.1 Å². The van der Waals surface area contributed by atoms with Crippen LogP contribution in [0.4, 0.5) is 0 Å². The summed E-state index contributed by atoms with van der Waals surface area (Å²) < 4.78 is 8.70. The third kappa shape index (κ3) is 2.69. The van der Waals surface area contributed by atoms with E-state index < -0.39 is 5.76 Å². The Balaban J connectivity index is 1.37. The lowest BCUT2D eigenvalue weighted by Crippen LogP contribution is -2.32. The van der Waals surface area contributed by atoms with E-state index in [2.05, 4.69) is 10.2 Å². The predicted octanol–water partition coefficient (Wildman–Crippen LogP) is 2.39. The minimum Gasteiger partial charge on any atom is -0.408 e. The number of fused-ring (bicyclic) bond motifs is 2. The molecule has 1 aliphatic rings. The van der Waals surface area contributed by atoms with Gasteiger partial charge in [0.05, 0.1) is 11.6 Å². The molecule has 1 amide bonds. The Bertz CT molecular complexity index is 1220. The number of hydrogen-bond acceptors (Lipinski definition) is 5. The highest BCUT2D eigenvalue weighted by Crippen LogP contribution is 2.31. The fraction of sp³-hybridized carbons (Fsp3) is 0.300. The van der Waals surface area contributed by atoms with Crippen molar-refractivity contribution >= 4 is 22.7 Å². The molecule has 142 valence electrons. The number of likely N-dealkylation sites (tertiary alicyclic amines) is 1. The quantitative estimate of drug-likeness (QED) is 0.545. The van der Waals surface area contributed by atoms with Gasteiger partial charge in [-0.2, -0.15) is 0 Å².